The molecule has 2 aromatic rings. The van der Waals surface area contributed by atoms with Crippen LogP contribution in [0.4, 0.5) is 4.39 Å². The molecule has 0 bridgehead atoms. The molecule has 1 heterocycles. The third-order valence-corrected chi connectivity index (χ3v) is 3.71. The highest BCUT2D eigenvalue weighted by atomic mass is 79.9. The number of nitrogens with one attached hydrogen (secondary N) is 1. The molecule has 1 amide bonds. The molecule has 2 rings (SSSR count). The molecule has 1 aromatic carbocycles. The summed E-state index contributed by atoms with van der Waals surface area (Å²) in [5.41, 5.74) is 0.433. The van der Waals surface area contributed by atoms with Crippen molar-refractivity contribution < 1.29 is 9.18 Å². The lowest BCUT2D eigenvalue weighted by Crippen LogP contribution is -2.22. The van der Waals surface area contributed by atoms with Crippen LogP contribution in [0, 0.1) is 5.82 Å². The standard InChI is InChI=1S/C12H9BrFNOS/c13-11-6-8(14)3-4-10(11)12(16)15-7-9-2-1-5-17-9/h1-6H,7H2,(H,15,16). The van der Waals surface area contributed by atoms with Crippen LogP contribution in [0.1, 0.15) is 15.2 Å². The Morgan fingerprint density at radius 3 is 2.88 bits per heavy atom. The largest absolute Gasteiger partial charge is 0.347 e. The van der Waals surface area contributed by atoms with E-state index in [0.717, 1.165) is 4.88 Å². The minimum atomic E-state index is -0.369. The number of rotatable bonds is 3. The van der Waals surface area contributed by atoms with Crippen molar-refractivity contribution in [2.24, 2.45) is 0 Å². The molecule has 0 aliphatic rings. The number of hydrogen-bond donors (Lipinski definition) is 1. The lowest BCUT2D eigenvalue weighted by molar-refractivity contribution is 0.0950. The van der Waals surface area contributed by atoms with Gasteiger partial charge >= 0.3 is 0 Å². The fraction of sp³-hybridized carbons (Fsp3) is 0.0833. The summed E-state index contributed by atoms with van der Waals surface area (Å²) in [6, 6.07) is 7.89. The first-order chi connectivity index (χ1) is 8.16. The van der Waals surface area contributed by atoms with Gasteiger partial charge in [-0.2, -0.15) is 0 Å². The van der Waals surface area contributed by atoms with Gasteiger partial charge in [-0.25, -0.2) is 4.39 Å². The minimum absolute atomic E-state index is 0.217. The molecule has 1 aromatic heterocycles. The first-order valence-corrected chi connectivity index (χ1v) is 6.60. The molecular formula is C12H9BrFNOS. The average molecular weight is 314 g/mol. The van der Waals surface area contributed by atoms with Gasteiger partial charge in [-0.3, -0.25) is 4.79 Å². The van der Waals surface area contributed by atoms with Gasteiger partial charge < -0.3 is 5.32 Å². The summed E-state index contributed by atoms with van der Waals surface area (Å²) < 4.78 is 13.3. The van der Waals surface area contributed by atoms with Crippen LogP contribution >= 0.6 is 27.3 Å². The lowest BCUT2D eigenvalue weighted by Gasteiger charge is -2.05. The molecule has 0 saturated heterocycles. The number of amides is 1. The molecular weight excluding hydrogens is 305 g/mol. The number of hydrogen-bond acceptors (Lipinski definition) is 2. The van der Waals surface area contributed by atoms with Gasteiger partial charge in [0.15, 0.2) is 0 Å². The van der Waals surface area contributed by atoms with E-state index in [-0.39, 0.29) is 11.7 Å². The highest BCUT2D eigenvalue weighted by Gasteiger charge is 2.10. The van der Waals surface area contributed by atoms with Crippen LogP contribution in [0.25, 0.3) is 0 Å². The van der Waals surface area contributed by atoms with E-state index in [2.05, 4.69) is 21.2 Å². The maximum Gasteiger partial charge on any atom is 0.252 e. The molecule has 0 saturated carbocycles. The Kier molecular flexibility index (Phi) is 3.91. The molecule has 88 valence electrons. The van der Waals surface area contributed by atoms with E-state index in [9.17, 15) is 9.18 Å². The summed E-state index contributed by atoms with van der Waals surface area (Å²) in [6.07, 6.45) is 0. The highest BCUT2D eigenvalue weighted by Crippen LogP contribution is 2.18. The van der Waals surface area contributed by atoms with Crippen LogP contribution in [0.15, 0.2) is 40.2 Å². The van der Waals surface area contributed by atoms with E-state index < -0.39 is 0 Å². The SMILES string of the molecule is O=C(NCc1cccs1)c1ccc(F)cc1Br. The zero-order valence-electron chi connectivity index (χ0n) is 8.74. The number of thiophene rings is 1. The molecule has 0 aliphatic carbocycles. The van der Waals surface area contributed by atoms with Gasteiger partial charge in [-0.05, 0) is 45.6 Å². The number of benzene rings is 1. The zero-order valence-corrected chi connectivity index (χ0v) is 11.1. The van der Waals surface area contributed by atoms with E-state index >= 15 is 0 Å². The topological polar surface area (TPSA) is 29.1 Å². The second-order valence-corrected chi connectivity index (χ2v) is 5.27. The van der Waals surface area contributed by atoms with Gasteiger partial charge in [0.25, 0.3) is 5.91 Å². The van der Waals surface area contributed by atoms with Gasteiger partial charge in [-0.15, -0.1) is 11.3 Å². The van der Waals surface area contributed by atoms with Crippen molar-refractivity contribution >= 4 is 33.2 Å². The van der Waals surface area contributed by atoms with Crippen LogP contribution in [0.3, 0.4) is 0 Å². The monoisotopic (exact) mass is 313 g/mol. The highest BCUT2D eigenvalue weighted by molar-refractivity contribution is 9.10. The number of halogens is 2. The molecule has 0 spiro atoms. The Bertz CT molecular complexity index is 527. The Morgan fingerprint density at radius 2 is 2.24 bits per heavy atom. The Balaban J connectivity index is 2.04. The summed E-state index contributed by atoms with van der Waals surface area (Å²) in [7, 11) is 0. The fourth-order valence-electron chi connectivity index (χ4n) is 1.35. The van der Waals surface area contributed by atoms with Gasteiger partial charge in [0.2, 0.25) is 0 Å². The summed E-state index contributed by atoms with van der Waals surface area (Å²) in [5.74, 6) is -0.586. The normalized spacial score (nSPS) is 10.2. The van der Waals surface area contributed by atoms with Crippen molar-refractivity contribution in [3.63, 3.8) is 0 Å². The van der Waals surface area contributed by atoms with Gasteiger partial charge in [0.1, 0.15) is 5.82 Å². The first kappa shape index (κ1) is 12.3. The second-order valence-electron chi connectivity index (χ2n) is 3.39. The lowest BCUT2D eigenvalue weighted by atomic mass is 10.2. The predicted octanol–water partition coefficient (Wildman–Crippen LogP) is 3.58. The quantitative estimate of drug-likeness (QED) is 0.922. The van der Waals surface area contributed by atoms with E-state index in [1.807, 2.05) is 17.5 Å². The van der Waals surface area contributed by atoms with Crippen molar-refractivity contribution in [1.82, 2.24) is 5.32 Å². The van der Waals surface area contributed by atoms with Gasteiger partial charge in [0.05, 0.1) is 12.1 Å². The Labute approximate surface area is 111 Å². The summed E-state index contributed by atoms with van der Waals surface area (Å²) >= 11 is 4.75. The third-order valence-electron chi connectivity index (χ3n) is 2.18. The van der Waals surface area contributed by atoms with Gasteiger partial charge in [0, 0.05) is 9.35 Å². The van der Waals surface area contributed by atoms with Crippen molar-refractivity contribution in [2.75, 3.05) is 0 Å². The summed E-state index contributed by atoms with van der Waals surface area (Å²) in [6.45, 7) is 0.486. The van der Waals surface area contributed by atoms with E-state index in [0.29, 0.717) is 16.6 Å². The third kappa shape index (κ3) is 3.14. The first-order valence-electron chi connectivity index (χ1n) is 4.92. The van der Waals surface area contributed by atoms with Crippen molar-refractivity contribution in [1.29, 1.82) is 0 Å². The molecule has 5 heteroatoms. The molecule has 0 radical (unpaired) electrons. The Hall–Kier alpha value is -1.20. The molecule has 0 atom stereocenters. The Morgan fingerprint density at radius 1 is 1.41 bits per heavy atom. The van der Waals surface area contributed by atoms with Crippen LogP contribution in [0.2, 0.25) is 0 Å². The van der Waals surface area contributed by atoms with Crippen LogP contribution in [-0.2, 0) is 6.54 Å². The van der Waals surface area contributed by atoms with E-state index in [1.54, 1.807) is 11.3 Å². The number of carbonyl (C=O) groups is 1. The van der Waals surface area contributed by atoms with Crippen LogP contribution in [-0.4, -0.2) is 5.91 Å². The molecule has 2 nitrogen and oxygen atoms in total. The van der Waals surface area contributed by atoms with Crippen molar-refractivity contribution in [2.45, 2.75) is 6.54 Å². The van der Waals surface area contributed by atoms with Crippen molar-refractivity contribution in [3.05, 3.63) is 56.4 Å². The van der Waals surface area contributed by atoms with E-state index in [1.165, 1.54) is 18.2 Å². The molecule has 0 unspecified atom stereocenters. The smallest absolute Gasteiger partial charge is 0.252 e. The predicted molar refractivity (Wildman–Crippen MR) is 69.6 cm³/mol. The number of carbonyl (C=O) groups excluding carboxylic acids is 1. The summed E-state index contributed by atoms with van der Waals surface area (Å²) in [4.78, 5) is 12.9. The van der Waals surface area contributed by atoms with Crippen LogP contribution < -0.4 is 5.32 Å². The molecule has 17 heavy (non-hydrogen) atoms. The second kappa shape index (κ2) is 5.42. The zero-order chi connectivity index (χ0) is 12.3. The summed E-state index contributed by atoms with van der Waals surface area (Å²) in [5, 5.41) is 4.73. The maximum absolute atomic E-state index is 12.9. The van der Waals surface area contributed by atoms with E-state index in [4.69, 9.17) is 0 Å². The molecule has 0 fully saturated rings. The fourth-order valence-corrected chi connectivity index (χ4v) is 2.52. The van der Waals surface area contributed by atoms with Crippen molar-refractivity contribution in [3.8, 4) is 0 Å². The molecule has 1 N–H and O–H groups in total. The minimum Gasteiger partial charge on any atom is -0.347 e. The maximum atomic E-state index is 12.9. The average Bonchev–Trinajstić information content (AvgIpc) is 2.78. The molecule has 0 aliphatic heterocycles. The van der Waals surface area contributed by atoms with Crippen LogP contribution in [0.5, 0.6) is 0 Å². The van der Waals surface area contributed by atoms with Gasteiger partial charge in [-0.1, -0.05) is 6.07 Å².